The minimum Gasteiger partial charge on any atom is -0.475 e. The molecule has 0 saturated carbocycles. The number of benzene rings is 2. The SMILES string of the molecule is COC(=O)[C@@H]1CN(S(=O)(=O)c2ccc(F)cc2)c2ccccc2O1. The second-order valence-corrected chi connectivity index (χ2v) is 6.95. The molecule has 1 heterocycles. The predicted octanol–water partition coefficient (Wildman–Crippen LogP) is 1.95. The first-order valence-electron chi connectivity index (χ1n) is 7.05. The summed E-state index contributed by atoms with van der Waals surface area (Å²) in [6.07, 6.45) is -1.08. The minimum absolute atomic E-state index is 0.0794. The number of ether oxygens (including phenoxy) is 2. The molecule has 0 bridgehead atoms. The number of halogens is 1. The van der Waals surface area contributed by atoms with Crippen molar-refractivity contribution in [2.75, 3.05) is 18.0 Å². The van der Waals surface area contributed by atoms with Gasteiger partial charge in [-0.3, -0.25) is 4.31 Å². The monoisotopic (exact) mass is 351 g/mol. The molecule has 0 amide bonds. The van der Waals surface area contributed by atoms with Crippen LogP contribution in [0.4, 0.5) is 10.1 Å². The van der Waals surface area contributed by atoms with E-state index < -0.39 is 27.9 Å². The molecule has 0 N–H and O–H groups in total. The molecular formula is C16H14FNO5S. The third-order valence-corrected chi connectivity index (χ3v) is 5.39. The van der Waals surface area contributed by atoms with Crippen LogP contribution in [-0.2, 0) is 19.6 Å². The van der Waals surface area contributed by atoms with Crippen LogP contribution in [0.3, 0.4) is 0 Å². The normalized spacial score (nSPS) is 16.9. The number of methoxy groups -OCH3 is 1. The van der Waals surface area contributed by atoms with Crippen molar-refractivity contribution in [2.45, 2.75) is 11.0 Å². The lowest BCUT2D eigenvalue weighted by molar-refractivity contribution is -0.148. The molecular weight excluding hydrogens is 337 g/mol. The fraction of sp³-hybridized carbons (Fsp3) is 0.188. The largest absolute Gasteiger partial charge is 0.475 e. The first-order chi connectivity index (χ1) is 11.4. The lowest BCUT2D eigenvalue weighted by atomic mass is 10.2. The topological polar surface area (TPSA) is 72.9 Å². The maximum absolute atomic E-state index is 13.1. The molecule has 0 aromatic heterocycles. The van der Waals surface area contributed by atoms with Crippen molar-refractivity contribution < 1.29 is 27.1 Å². The van der Waals surface area contributed by atoms with Crippen LogP contribution in [0.1, 0.15) is 0 Å². The number of carbonyl (C=O) groups is 1. The lowest BCUT2D eigenvalue weighted by Gasteiger charge is -2.34. The van der Waals surface area contributed by atoms with Gasteiger partial charge in [0.05, 0.1) is 24.2 Å². The highest BCUT2D eigenvalue weighted by Crippen LogP contribution is 2.36. The predicted molar refractivity (Wildman–Crippen MR) is 83.8 cm³/mol. The van der Waals surface area contributed by atoms with Crippen LogP contribution in [0.2, 0.25) is 0 Å². The van der Waals surface area contributed by atoms with Gasteiger partial charge in [-0.1, -0.05) is 12.1 Å². The van der Waals surface area contributed by atoms with Gasteiger partial charge in [0.2, 0.25) is 6.10 Å². The summed E-state index contributed by atoms with van der Waals surface area (Å²) in [6.45, 7) is -0.233. The van der Waals surface area contributed by atoms with Gasteiger partial charge in [0.1, 0.15) is 11.6 Å². The average Bonchev–Trinajstić information content (AvgIpc) is 2.60. The van der Waals surface area contributed by atoms with E-state index in [1.165, 1.54) is 19.2 Å². The van der Waals surface area contributed by atoms with E-state index in [9.17, 15) is 17.6 Å². The number of carbonyl (C=O) groups excluding carboxylic acids is 1. The number of esters is 1. The van der Waals surface area contributed by atoms with Crippen LogP contribution < -0.4 is 9.04 Å². The number of fused-ring (bicyclic) bond motifs is 1. The van der Waals surface area contributed by atoms with Crippen molar-refractivity contribution in [3.05, 3.63) is 54.3 Å². The second kappa shape index (κ2) is 6.12. The Morgan fingerprint density at radius 3 is 2.54 bits per heavy atom. The molecule has 1 aliphatic rings. The van der Waals surface area contributed by atoms with Gasteiger partial charge in [0.15, 0.2) is 0 Å². The molecule has 2 aromatic carbocycles. The smallest absolute Gasteiger partial charge is 0.348 e. The summed E-state index contributed by atoms with van der Waals surface area (Å²) in [6, 6.07) is 11.0. The van der Waals surface area contributed by atoms with Crippen molar-refractivity contribution in [1.29, 1.82) is 0 Å². The molecule has 8 heteroatoms. The number of para-hydroxylation sites is 2. The third kappa shape index (κ3) is 2.80. The fourth-order valence-electron chi connectivity index (χ4n) is 2.42. The second-order valence-electron chi connectivity index (χ2n) is 5.09. The van der Waals surface area contributed by atoms with E-state index in [4.69, 9.17) is 4.74 Å². The third-order valence-electron chi connectivity index (χ3n) is 3.60. The standard InChI is InChI=1S/C16H14FNO5S/c1-22-16(19)15-10-18(13-4-2-3-5-14(13)23-15)24(20,21)12-8-6-11(17)7-9-12/h2-9,15H,10H2,1H3/t15-/m0/s1. The highest BCUT2D eigenvalue weighted by atomic mass is 32.2. The van der Waals surface area contributed by atoms with Gasteiger partial charge in [-0.25, -0.2) is 17.6 Å². The molecule has 0 aliphatic carbocycles. The summed E-state index contributed by atoms with van der Waals surface area (Å²) in [5.74, 6) is -0.961. The van der Waals surface area contributed by atoms with Crippen LogP contribution in [-0.4, -0.2) is 34.1 Å². The highest BCUT2D eigenvalue weighted by molar-refractivity contribution is 7.92. The minimum atomic E-state index is -3.99. The molecule has 3 rings (SSSR count). The fourth-order valence-corrected chi connectivity index (χ4v) is 3.89. The summed E-state index contributed by atoms with van der Waals surface area (Å²) in [4.78, 5) is 11.7. The number of hydrogen-bond acceptors (Lipinski definition) is 5. The number of rotatable bonds is 3. The van der Waals surface area contributed by atoms with Crippen molar-refractivity contribution in [3.8, 4) is 5.75 Å². The van der Waals surface area contributed by atoms with E-state index in [0.717, 1.165) is 16.4 Å². The Morgan fingerprint density at radius 1 is 1.21 bits per heavy atom. The van der Waals surface area contributed by atoms with Crippen molar-refractivity contribution in [1.82, 2.24) is 0 Å². The Bertz CT molecular complexity index is 866. The van der Waals surface area contributed by atoms with Gasteiger partial charge in [0, 0.05) is 0 Å². The molecule has 0 fully saturated rings. The Labute approximate surface area is 138 Å². The maximum atomic E-state index is 13.1. The number of anilines is 1. The first-order valence-corrected chi connectivity index (χ1v) is 8.49. The lowest BCUT2D eigenvalue weighted by Crippen LogP contribution is -2.47. The van der Waals surface area contributed by atoms with Crippen molar-refractivity contribution in [3.63, 3.8) is 0 Å². The van der Waals surface area contributed by atoms with Gasteiger partial charge >= 0.3 is 5.97 Å². The first kappa shape index (κ1) is 16.3. The Kier molecular flexibility index (Phi) is 4.15. The van der Waals surface area contributed by atoms with Crippen LogP contribution in [0.5, 0.6) is 5.75 Å². The molecule has 0 radical (unpaired) electrons. The molecule has 24 heavy (non-hydrogen) atoms. The molecule has 2 aromatic rings. The van der Waals surface area contributed by atoms with Gasteiger partial charge in [0.25, 0.3) is 10.0 Å². The van der Waals surface area contributed by atoms with E-state index in [-0.39, 0.29) is 17.2 Å². The summed E-state index contributed by atoms with van der Waals surface area (Å²) in [5, 5.41) is 0. The van der Waals surface area contributed by atoms with Crippen molar-refractivity contribution in [2.24, 2.45) is 0 Å². The number of hydrogen-bond donors (Lipinski definition) is 0. The quantitative estimate of drug-likeness (QED) is 0.791. The molecule has 1 atom stereocenters. The van der Waals surface area contributed by atoms with E-state index >= 15 is 0 Å². The zero-order valence-electron chi connectivity index (χ0n) is 12.7. The van der Waals surface area contributed by atoms with E-state index in [2.05, 4.69) is 4.74 Å². The molecule has 0 saturated heterocycles. The highest BCUT2D eigenvalue weighted by Gasteiger charge is 2.37. The number of nitrogens with zero attached hydrogens (tertiary/aromatic N) is 1. The van der Waals surface area contributed by atoms with Crippen LogP contribution in [0, 0.1) is 5.82 Å². The maximum Gasteiger partial charge on any atom is 0.348 e. The van der Waals surface area contributed by atoms with E-state index in [1.807, 2.05) is 0 Å². The van der Waals surface area contributed by atoms with Gasteiger partial charge in [-0.15, -0.1) is 0 Å². The van der Waals surface area contributed by atoms with E-state index in [0.29, 0.717) is 5.69 Å². The van der Waals surface area contributed by atoms with E-state index in [1.54, 1.807) is 24.3 Å². The van der Waals surface area contributed by atoms with Crippen LogP contribution in [0.15, 0.2) is 53.4 Å². The summed E-state index contributed by atoms with van der Waals surface area (Å²) in [7, 11) is -2.79. The van der Waals surface area contributed by atoms with Crippen molar-refractivity contribution >= 4 is 21.7 Å². The molecule has 1 aliphatic heterocycles. The Hall–Kier alpha value is -2.61. The zero-order chi connectivity index (χ0) is 17.3. The summed E-state index contributed by atoms with van der Waals surface area (Å²) < 4.78 is 50.2. The average molecular weight is 351 g/mol. The van der Waals surface area contributed by atoms with Gasteiger partial charge in [-0.2, -0.15) is 0 Å². The van der Waals surface area contributed by atoms with Crippen LogP contribution in [0.25, 0.3) is 0 Å². The molecule has 126 valence electrons. The van der Waals surface area contributed by atoms with Crippen LogP contribution >= 0.6 is 0 Å². The summed E-state index contributed by atoms with van der Waals surface area (Å²) >= 11 is 0. The zero-order valence-corrected chi connectivity index (χ0v) is 13.5. The molecule has 0 spiro atoms. The Balaban J connectivity index is 2.07. The van der Waals surface area contributed by atoms with Gasteiger partial charge in [-0.05, 0) is 36.4 Å². The number of sulfonamides is 1. The molecule has 0 unspecified atom stereocenters. The molecule has 6 nitrogen and oxygen atoms in total. The Morgan fingerprint density at radius 2 is 1.88 bits per heavy atom. The van der Waals surface area contributed by atoms with Gasteiger partial charge < -0.3 is 9.47 Å². The summed E-state index contributed by atoms with van der Waals surface area (Å²) in [5.41, 5.74) is 0.307.